The van der Waals surface area contributed by atoms with Crippen LogP contribution in [0.5, 0.6) is 0 Å². The Labute approximate surface area is 58.0 Å². The van der Waals surface area contributed by atoms with Crippen LogP contribution in [0.2, 0.25) is 0 Å². The van der Waals surface area contributed by atoms with Gasteiger partial charge in [0.2, 0.25) is 0 Å². The second-order valence-corrected chi connectivity index (χ2v) is 3.46. The molecule has 0 bridgehead atoms. The van der Waals surface area contributed by atoms with Gasteiger partial charge in [0.15, 0.2) is 0 Å². The summed E-state index contributed by atoms with van der Waals surface area (Å²) < 4.78 is 0. The molecule has 56 valence electrons. The largest absolute Gasteiger partial charge is 0.324 e. The van der Waals surface area contributed by atoms with Crippen molar-refractivity contribution >= 4 is 0 Å². The van der Waals surface area contributed by atoms with Gasteiger partial charge < -0.3 is 10.6 Å². The molecule has 0 aromatic heterocycles. The lowest BCUT2D eigenvalue weighted by molar-refractivity contribution is 0.220. The molecule has 0 heterocycles. The quantitative estimate of drug-likeness (QED) is 0.595. The van der Waals surface area contributed by atoms with E-state index in [9.17, 15) is 0 Å². The molecule has 0 aromatic carbocycles. The molecule has 2 N–H and O–H groups in total. The second kappa shape index (κ2) is 2.67. The first kappa shape index (κ1) is 8.92. The predicted octanol–water partition coefficient (Wildman–Crippen LogP) is 0.674. The number of likely N-dealkylation sites (N-methyl/N-ethyl adjacent to an activating group) is 1. The summed E-state index contributed by atoms with van der Waals surface area (Å²) in [6, 6.07) is 0.428. The van der Waals surface area contributed by atoms with Gasteiger partial charge in [-0.05, 0) is 34.9 Å². The molecule has 0 saturated carbocycles. The van der Waals surface area contributed by atoms with Crippen molar-refractivity contribution in [2.45, 2.75) is 32.4 Å². The summed E-state index contributed by atoms with van der Waals surface area (Å²) in [5.41, 5.74) is 5.74. The van der Waals surface area contributed by atoms with Crippen LogP contribution in [0.15, 0.2) is 0 Å². The summed E-state index contributed by atoms with van der Waals surface area (Å²) in [6.07, 6.45) is 0. The first-order chi connectivity index (χ1) is 3.85. The molecule has 2 heteroatoms. The Morgan fingerprint density at radius 2 is 1.67 bits per heavy atom. The van der Waals surface area contributed by atoms with Crippen LogP contribution in [-0.2, 0) is 0 Å². The van der Waals surface area contributed by atoms with Gasteiger partial charge in [-0.1, -0.05) is 0 Å². The summed E-state index contributed by atoms with van der Waals surface area (Å²) >= 11 is 0. The van der Waals surface area contributed by atoms with Crippen molar-refractivity contribution in [2.75, 3.05) is 14.1 Å². The van der Waals surface area contributed by atoms with Crippen molar-refractivity contribution in [1.29, 1.82) is 0 Å². The number of nitrogens with two attached hydrogens (primary N) is 1. The highest BCUT2D eigenvalue weighted by molar-refractivity contribution is 4.83. The topological polar surface area (TPSA) is 29.3 Å². The van der Waals surface area contributed by atoms with Gasteiger partial charge in [-0.15, -0.1) is 0 Å². The zero-order valence-corrected chi connectivity index (χ0v) is 7.10. The smallest absolute Gasteiger partial charge is 0.0251 e. The molecule has 1 atom stereocenters. The fourth-order valence-electron chi connectivity index (χ4n) is 0.665. The molecule has 0 fully saturated rings. The van der Waals surface area contributed by atoms with Crippen LogP contribution in [-0.4, -0.2) is 30.6 Å². The summed E-state index contributed by atoms with van der Waals surface area (Å²) in [4.78, 5) is 2.12. The fourth-order valence-corrected chi connectivity index (χ4v) is 0.665. The third kappa shape index (κ3) is 2.82. The van der Waals surface area contributed by atoms with Crippen LogP contribution in [0.3, 0.4) is 0 Å². The molecule has 0 aliphatic heterocycles. The molecule has 0 aliphatic rings. The first-order valence-corrected chi connectivity index (χ1v) is 3.31. The van der Waals surface area contributed by atoms with Crippen molar-refractivity contribution in [3.63, 3.8) is 0 Å². The minimum absolute atomic E-state index is 0.0938. The average molecular weight is 130 g/mol. The fraction of sp³-hybridized carbons (Fsp3) is 1.00. The Bertz CT molecular complexity index is 81.4. The maximum atomic E-state index is 5.84. The van der Waals surface area contributed by atoms with Crippen LogP contribution in [0, 0.1) is 0 Å². The highest BCUT2D eigenvalue weighted by atomic mass is 15.1. The SMILES string of the molecule is CC(N(C)C)C(C)(C)N. The van der Waals surface area contributed by atoms with Gasteiger partial charge >= 0.3 is 0 Å². The van der Waals surface area contributed by atoms with E-state index in [4.69, 9.17) is 5.73 Å². The molecule has 0 saturated heterocycles. The summed E-state index contributed by atoms with van der Waals surface area (Å²) in [5, 5.41) is 0. The normalized spacial score (nSPS) is 16.3. The third-order valence-electron chi connectivity index (χ3n) is 1.85. The van der Waals surface area contributed by atoms with Gasteiger partial charge in [0, 0.05) is 11.6 Å². The van der Waals surface area contributed by atoms with Crippen LogP contribution in [0.4, 0.5) is 0 Å². The molecule has 0 aliphatic carbocycles. The summed E-state index contributed by atoms with van der Waals surface area (Å²) in [5.74, 6) is 0. The van der Waals surface area contributed by atoms with Crippen molar-refractivity contribution in [3.05, 3.63) is 0 Å². The van der Waals surface area contributed by atoms with Crippen LogP contribution in [0.1, 0.15) is 20.8 Å². The number of hydrogen-bond donors (Lipinski definition) is 1. The minimum atomic E-state index is -0.0938. The van der Waals surface area contributed by atoms with E-state index in [0.717, 1.165) is 0 Å². The molecule has 0 rings (SSSR count). The van der Waals surface area contributed by atoms with Gasteiger partial charge in [0.25, 0.3) is 0 Å². The van der Waals surface area contributed by atoms with Gasteiger partial charge in [-0.3, -0.25) is 0 Å². The van der Waals surface area contributed by atoms with Gasteiger partial charge in [0.1, 0.15) is 0 Å². The predicted molar refractivity (Wildman–Crippen MR) is 41.4 cm³/mol. The van der Waals surface area contributed by atoms with Crippen LogP contribution < -0.4 is 5.73 Å². The van der Waals surface area contributed by atoms with Gasteiger partial charge in [-0.2, -0.15) is 0 Å². The molecular formula is C7H18N2. The zero-order chi connectivity index (χ0) is 7.65. The Kier molecular flexibility index (Phi) is 2.65. The Balaban J connectivity index is 3.88. The van der Waals surface area contributed by atoms with E-state index in [1.54, 1.807) is 0 Å². The number of hydrogen-bond acceptors (Lipinski definition) is 2. The van der Waals surface area contributed by atoms with Crippen molar-refractivity contribution in [2.24, 2.45) is 5.73 Å². The van der Waals surface area contributed by atoms with E-state index in [0.29, 0.717) is 6.04 Å². The lowest BCUT2D eigenvalue weighted by Crippen LogP contribution is -2.50. The van der Waals surface area contributed by atoms with E-state index in [-0.39, 0.29) is 5.54 Å². The highest BCUT2D eigenvalue weighted by Crippen LogP contribution is 2.07. The zero-order valence-electron chi connectivity index (χ0n) is 7.10. The number of nitrogens with zero attached hydrogens (tertiary/aromatic N) is 1. The Morgan fingerprint density at radius 3 is 1.67 bits per heavy atom. The van der Waals surface area contributed by atoms with E-state index < -0.39 is 0 Å². The van der Waals surface area contributed by atoms with Gasteiger partial charge in [-0.25, -0.2) is 0 Å². The maximum Gasteiger partial charge on any atom is 0.0251 e. The second-order valence-electron chi connectivity index (χ2n) is 3.46. The van der Waals surface area contributed by atoms with E-state index >= 15 is 0 Å². The monoisotopic (exact) mass is 130 g/mol. The van der Waals surface area contributed by atoms with Crippen molar-refractivity contribution in [3.8, 4) is 0 Å². The molecule has 0 amide bonds. The Morgan fingerprint density at radius 1 is 1.33 bits per heavy atom. The average Bonchev–Trinajstić information content (AvgIpc) is 1.62. The van der Waals surface area contributed by atoms with E-state index in [1.165, 1.54) is 0 Å². The lowest BCUT2D eigenvalue weighted by Gasteiger charge is -2.32. The first-order valence-electron chi connectivity index (χ1n) is 3.31. The molecule has 0 radical (unpaired) electrons. The highest BCUT2D eigenvalue weighted by Gasteiger charge is 2.21. The van der Waals surface area contributed by atoms with Crippen molar-refractivity contribution in [1.82, 2.24) is 4.90 Å². The standard InChI is InChI=1S/C7H18N2/c1-6(9(4)5)7(2,3)8/h6H,8H2,1-5H3. The molecule has 1 unspecified atom stereocenters. The molecule has 9 heavy (non-hydrogen) atoms. The van der Waals surface area contributed by atoms with Gasteiger partial charge in [0.05, 0.1) is 0 Å². The molecule has 0 spiro atoms. The summed E-state index contributed by atoms with van der Waals surface area (Å²) in [6.45, 7) is 6.20. The van der Waals surface area contributed by atoms with Crippen LogP contribution in [0.25, 0.3) is 0 Å². The summed E-state index contributed by atoms with van der Waals surface area (Å²) in [7, 11) is 4.08. The molecule has 0 aromatic rings. The minimum Gasteiger partial charge on any atom is -0.324 e. The number of rotatable bonds is 2. The maximum absolute atomic E-state index is 5.84. The molecular weight excluding hydrogens is 112 g/mol. The van der Waals surface area contributed by atoms with E-state index in [2.05, 4.69) is 11.8 Å². The van der Waals surface area contributed by atoms with Crippen LogP contribution >= 0.6 is 0 Å². The molecule has 2 nitrogen and oxygen atoms in total. The third-order valence-corrected chi connectivity index (χ3v) is 1.85. The lowest BCUT2D eigenvalue weighted by atomic mass is 9.97. The Hall–Kier alpha value is -0.0800. The van der Waals surface area contributed by atoms with E-state index in [1.807, 2.05) is 27.9 Å². The van der Waals surface area contributed by atoms with Crippen molar-refractivity contribution < 1.29 is 0 Å².